The quantitative estimate of drug-likeness (QED) is 0.804. The molecule has 0 radical (unpaired) electrons. The van der Waals surface area contributed by atoms with Crippen LogP contribution in [0.25, 0.3) is 10.9 Å². The van der Waals surface area contributed by atoms with Gasteiger partial charge in [0.05, 0.1) is 13.0 Å². The number of carbonyl (C=O) groups is 1. The molecule has 1 aromatic carbocycles. The van der Waals surface area contributed by atoms with Crippen LogP contribution in [0.5, 0.6) is 0 Å². The van der Waals surface area contributed by atoms with Gasteiger partial charge in [0.15, 0.2) is 0 Å². The van der Waals surface area contributed by atoms with Crippen molar-refractivity contribution in [3.63, 3.8) is 0 Å². The zero-order valence-electron chi connectivity index (χ0n) is 10.1. The Hall–Kier alpha value is -1.48. The molecule has 3 rings (SSSR count). The first-order chi connectivity index (χ1) is 8.69. The van der Waals surface area contributed by atoms with Crippen molar-refractivity contribution in [2.24, 2.45) is 5.92 Å². The molecule has 1 heterocycles. The van der Waals surface area contributed by atoms with E-state index >= 15 is 0 Å². The normalized spacial score (nSPS) is 18.7. The largest absolute Gasteiger partial charge is 0.469 e. The molecule has 1 aliphatic carbocycles. The number of methoxy groups -OCH3 is 1. The van der Waals surface area contributed by atoms with Gasteiger partial charge >= 0.3 is 5.97 Å². The van der Waals surface area contributed by atoms with Crippen molar-refractivity contribution in [1.82, 2.24) is 4.98 Å². The molecule has 1 unspecified atom stereocenters. The van der Waals surface area contributed by atoms with Crippen LogP contribution in [0, 0.1) is 5.92 Å². The lowest BCUT2D eigenvalue weighted by Crippen LogP contribution is -2.23. The number of fused-ring (bicyclic) bond motifs is 3. The van der Waals surface area contributed by atoms with Crippen LogP contribution < -0.4 is 0 Å². The van der Waals surface area contributed by atoms with Crippen LogP contribution in [-0.2, 0) is 22.4 Å². The lowest BCUT2D eigenvalue weighted by Gasteiger charge is -2.20. The highest BCUT2D eigenvalue weighted by atomic mass is 35.5. The molecule has 0 bridgehead atoms. The number of esters is 1. The summed E-state index contributed by atoms with van der Waals surface area (Å²) in [6.45, 7) is 0. The van der Waals surface area contributed by atoms with Gasteiger partial charge in [-0.2, -0.15) is 0 Å². The van der Waals surface area contributed by atoms with E-state index in [1.807, 2.05) is 18.2 Å². The molecule has 0 amide bonds. The lowest BCUT2D eigenvalue weighted by molar-refractivity contribution is -0.145. The molecule has 18 heavy (non-hydrogen) atoms. The van der Waals surface area contributed by atoms with Crippen LogP contribution in [0.1, 0.15) is 17.7 Å². The maximum atomic E-state index is 11.6. The Morgan fingerprint density at radius 1 is 1.50 bits per heavy atom. The standard InChI is InChI=1S/C14H14ClNO2/c1-18-14(17)8-2-4-12-10(6-8)11-7-9(15)3-5-13(11)16-12/h3,5,7-8,16H,2,4,6H2,1H3. The predicted octanol–water partition coefficient (Wildman–Crippen LogP) is 3.10. The van der Waals surface area contributed by atoms with E-state index in [1.165, 1.54) is 18.4 Å². The van der Waals surface area contributed by atoms with Crippen molar-refractivity contribution in [2.45, 2.75) is 19.3 Å². The Bertz CT molecular complexity index is 618. The average Bonchev–Trinajstić information content (AvgIpc) is 2.75. The molecule has 1 N–H and O–H groups in total. The van der Waals surface area contributed by atoms with Crippen molar-refractivity contribution in [2.75, 3.05) is 7.11 Å². The summed E-state index contributed by atoms with van der Waals surface area (Å²) in [5.74, 6) is -0.141. The van der Waals surface area contributed by atoms with Crippen LogP contribution in [-0.4, -0.2) is 18.1 Å². The third-order valence-corrected chi connectivity index (χ3v) is 3.92. The molecular weight excluding hydrogens is 250 g/mol. The zero-order chi connectivity index (χ0) is 12.7. The molecule has 3 nitrogen and oxygen atoms in total. The fraction of sp³-hybridized carbons (Fsp3) is 0.357. The second-order valence-electron chi connectivity index (χ2n) is 4.73. The van der Waals surface area contributed by atoms with Gasteiger partial charge in [-0.15, -0.1) is 0 Å². The zero-order valence-corrected chi connectivity index (χ0v) is 10.9. The van der Waals surface area contributed by atoms with Crippen molar-refractivity contribution >= 4 is 28.5 Å². The number of ether oxygens (including phenoxy) is 1. The van der Waals surface area contributed by atoms with Crippen molar-refractivity contribution < 1.29 is 9.53 Å². The van der Waals surface area contributed by atoms with E-state index in [-0.39, 0.29) is 11.9 Å². The monoisotopic (exact) mass is 263 g/mol. The smallest absolute Gasteiger partial charge is 0.309 e. The fourth-order valence-corrected chi connectivity index (χ4v) is 2.93. The molecule has 1 aliphatic rings. The Balaban J connectivity index is 2.05. The first-order valence-corrected chi connectivity index (χ1v) is 6.43. The predicted molar refractivity (Wildman–Crippen MR) is 70.8 cm³/mol. The molecule has 2 aromatic rings. The molecule has 0 fully saturated rings. The molecule has 0 saturated heterocycles. The number of nitrogens with one attached hydrogen (secondary N) is 1. The number of aromatic amines is 1. The fourth-order valence-electron chi connectivity index (χ4n) is 2.76. The maximum Gasteiger partial charge on any atom is 0.309 e. The van der Waals surface area contributed by atoms with Gasteiger partial charge in [-0.05, 0) is 43.0 Å². The summed E-state index contributed by atoms with van der Waals surface area (Å²) in [6.07, 6.45) is 2.48. The van der Waals surface area contributed by atoms with Crippen LogP contribution >= 0.6 is 11.6 Å². The van der Waals surface area contributed by atoms with E-state index in [0.717, 1.165) is 35.2 Å². The van der Waals surface area contributed by atoms with Gasteiger partial charge in [-0.25, -0.2) is 0 Å². The van der Waals surface area contributed by atoms with Crippen molar-refractivity contribution in [1.29, 1.82) is 0 Å². The van der Waals surface area contributed by atoms with Gasteiger partial charge in [-0.1, -0.05) is 11.6 Å². The van der Waals surface area contributed by atoms with Crippen molar-refractivity contribution in [3.8, 4) is 0 Å². The molecule has 1 atom stereocenters. The third-order valence-electron chi connectivity index (χ3n) is 3.68. The summed E-state index contributed by atoms with van der Waals surface area (Å²) in [6, 6.07) is 5.83. The maximum absolute atomic E-state index is 11.6. The summed E-state index contributed by atoms with van der Waals surface area (Å²) >= 11 is 6.04. The van der Waals surface area contributed by atoms with Gasteiger partial charge in [0, 0.05) is 21.6 Å². The van der Waals surface area contributed by atoms with E-state index in [4.69, 9.17) is 16.3 Å². The number of halogens is 1. The number of hydrogen-bond acceptors (Lipinski definition) is 2. The van der Waals surface area contributed by atoms with Gasteiger partial charge < -0.3 is 9.72 Å². The number of H-pyrrole nitrogens is 1. The van der Waals surface area contributed by atoms with Crippen LogP contribution in [0.3, 0.4) is 0 Å². The van der Waals surface area contributed by atoms with Gasteiger partial charge in [0.2, 0.25) is 0 Å². The summed E-state index contributed by atoms with van der Waals surface area (Å²) < 4.78 is 4.84. The minimum Gasteiger partial charge on any atom is -0.469 e. The molecule has 0 spiro atoms. The van der Waals surface area contributed by atoms with E-state index in [0.29, 0.717) is 0 Å². The number of carbonyl (C=O) groups excluding carboxylic acids is 1. The highest BCUT2D eigenvalue weighted by molar-refractivity contribution is 6.31. The third kappa shape index (κ3) is 1.79. The Morgan fingerprint density at radius 3 is 3.11 bits per heavy atom. The van der Waals surface area contributed by atoms with Gasteiger partial charge in [-0.3, -0.25) is 4.79 Å². The minimum absolute atomic E-state index is 0.0273. The highest BCUT2D eigenvalue weighted by Gasteiger charge is 2.27. The first-order valence-electron chi connectivity index (χ1n) is 6.06. The molecule has 1 aromatic heterocycles. The van der Waals surface area contributed by atoms with Crippen LogP contribution in [0.15, 0.2) is 18.2 Å². The van der Waals surface area contributed by atoms with Crippen LogP contribution in [0.2, 0.25) is 5.02 Å². The molecule has 0 saturated carbocycles. The topological polar surface area (TPSA) is 42.1 Å². The summed E-state index contributed by atoms with van der Waals surface area (Å²) in [5.41, 5.74) is 3.54. The number of aromatic nitrogens is 1. The number of aryl methyl sites for hydroxylation is 1. The number of benzene rings is 1. The first kappa shape index (κ1) is 11.6. The SMILES string of the molecule is COC(=O)C1CCc2[nH]c3ccc(Cl)cc3c2C1. The molecular formula is C14H14ClNO2. The molecule has 4 heteroatoms. The summed E-state index contributed by atoms with van der Waals surface area (Å²) in [4.78, 5) is 15.1. The summed E-state index contributed by atoms with van der Waals surface area (Å²) in [7, 11) is 1.45. The Kier molecular flexibility index (Phi) is 2.78. The second-order valence-corrected chi connectivity index (χ2v) is 5.17. The Labute approximate surface area is 110 Å². The average molecular weight is 264 g/mol. The molecule has 0 aliphatic heterocycles. The lowest BCUT2D eigenvalue weighted by atomic mass is 9.86. The second kappa shape index (κ2) is 4.32. The van der Waals surface area contributed by atoms with E-state index in [1.54, 1.807) is 0 Å². The van der Waals surface area contributed by atoms with Gasteiger partial charge in [0.1, 0.15) is 0 Å². The van der Waals surface area contributed by atoms with Crippen LogP contribution in [0.4, 0.5) is 0 Å². The summed E-state index contributed by atoms with van der Waals surface area (Å²) in [5, 5.41) is 1.86. The molecule has 94 valence electrons. The number of rotatable bonds is 1. The highest BCUT2D eigenvalue weighted by Crippen LogP contribution is 2.33. The Morgan fingerprint density at radius 2 is 2.33 bits per heavy atom. The van der Waals surface area contributed by atoms with E-state index in [2.05, 4.69) is 4.98 Å². The number of hydrogen-bond donors (Lipinski definition) is 1. The van der Waals surface area contributed by atoms with E-state index in [9.17, 15) is 4.79 Å². The minimum atomic E-state index is -0.114. The van der Waals surface area contributed by atoms with E-state index < -0.39 is 0 Å². The van der Waals surface area contributed by atoms with Crippen molar-refractivity contribution in [3.05, 3.63) is 34.5 Å². The van der Waals surface area contributed by atoms with Gasteiger partial charge in [0.25, 0.3) is 0 Å².